The Morgan fingerprint density at radius 1 is 1.29 bits per heavy atom. The Morgan fingerprint density at radius 3 is 2.29 bits per heavy atom. The van der Waals surface area contributed by atoms with E-state index in [1.807, 2.05) is 0 Å². The number of nitrogens with one attached hydrogen (secondary N) is 1. The largest absolute Gasteiger partial charge is 0.481 e. The summed E-state index contributed by atoms with van der Waals surface area (Å²) in [5.74, 6) is -0.939. The molecule has 0 saturated carbocycles. The topological polar surface area (TPSA) is 88.1 Å². The average Bonchev–Trinajstić information content (AvgIpc) is 2.35. The van der Waals surface area contributed by atoms with Crippen LogP contribution in [-0.2, 0) is 14.4 Å². The molecule has 0 bridgehead atoms. The molecule has 0 atom stereocenters. The molecule has 1 fully saturated rings. The number of nitrogens with zero attached hydrogens (tertiary/aromatic N) is 1. The van der Waals surface area contributed by atoms with Crippen LogP contribution < -0.4 is 5.48 Å². The molecule has 0 aromatic carbocycles. The first-order chi connectivity index (χ1) is 9.66. The highest BCUT2D eigenvalue weighted by molar-refractivity contribution is 5.68. The Morgan fingerprint density at radius 2 is 1.86 bits per heavy atom. The molecule has 7 heteroatoms. The molecule has 2 N–H and O–H groups in total. The normalized spacial score (nSPS) is 19.0. The number of aliphatic carboxylic acids is 1. The molecule has 0 aromatic rings. The van der Waals surface area contributed by atoms with Crippen LogP contribution >= 0.6 is 0 Å². The van der Waals surface area contributed by atoms with Crippen LogP contribution in [0.4, 0.5) is 4.79 Å². The van der Waals surface area contributed by atoms with Crippen LogP contribution in [0.15, 0.2) is 0 Å². The highest BCUT2D eigenvalue weighted by Crippen LogP contribution is 2.29. The van der Waals surface area contributed by atoms with Gasteiger partial charge in [0, 0.05) is 13.1 Å². The van der Waals surface area contributed by atoms with Gasteiger partial charge in [0.1, 0.15) is 11.2 Å². The van der Waals surface area contributed by atoms with E-state index in [0.29, 0.717) is 12.8 Å². The van der Waals surface area contributed by atoms with Crippen LogP contribution in [0, 0.1) is 0 Å². The molecule has 1 rings (SSSR count). The highest BCUT2D eigenvalue weighted by atomic mass is 16.7. The summed E-state index contributed by atoms with van der Waals surface area (Å²) >= 11 is 0. The molecule has 21 heavy (non-hydrogen) atoms. The smallest absolute Gasteiger partial charge is 0.431 e. The van der Waals surface area contributed by atoms with E-state index in [0.717, 1.165) is 19.6 Å². The third kappa shape index (κ3) is 6.31. The van der Waals surface area contributed by atoms with Crippen molar-refractivity contribution in [3.05, 3.63) is 0 Å². The summed E-state index contributed by atoms with van der Waals surface area (Å²) in [6, 6.07) is 0. The summed E-state index contributed by atoms with van der Waals surface area (Å²) < 4.78 is 5.09. The van der Waals surface area contributed by atoms with E-state index >= 15 is 0 Å². The zero-order valence-electron chi connectivity index (χ0n) is 13.3. The lowest BCUT2D eigenvalue weighted by atomic mass is 9.88. The summed E-state index contributed by atoms with van der Waals surface area (Å²) in [7, 11) is 0. The molecule has 1 heterocycles. The monoisotopic (exact) mass is 302 g/mol. The maximum atomic E-state index is 11.6. The molecular formula is C14H26N2O5. The molecule has 122 valence electrons. The number of carboxylic acids is 1. The number of hydroxylamine groups is 1. The van der Waals surface area contributed by atoms with Crippen molar-refractivity contribution in [2.24, 2.45) is 0 Å². The van der Waals surface area contributed by atoms with Crippen molar-refractivity contribution in [2.75, 3.05) is 19.6 Å². The van der Waals surface area contributed by atoms with Gasteiger partial charge in [0.25, 0.3) is 0 Å². The molecule has 7 nitrogen and oxygen atoms in total. The number of piperidine rings is 1. The molecule has 0 unspecified atom stereocenters. The van der Waals surface area contributed by atoms with Crippen molar-refractivity contribution in [1.82, 2.24) is 10.4 Å². The molecule has 1 amide bonds. The van der Waals surface area contributed by atoms with Gasteiger partial charge >= 0.3 is 12.1 Å². The Balaban J connectivity index is 2.59. The van der Waals surface area contributed by atoms with E-state index in [2.05, 4.69) is 17.3 Å². The van der Waals surface area contributed by atoms with Gasteiger partial charge in [0.2, 0.25) is 0 Å². The minimum Gasteiger partial charge on any atom is -0.481 e. The van der Waals surface area contributed by atoms with Crippen LogP contribution in [0.25, 0.3) is 0 Å². The van der Waals surface area contributed by atoms with Gasteiger partial charge in [0.15, 0.2) is 0 Å². The zero-order valence-corrected chi connectivity index (χ0v) is 13.3. The van der Waals surface area contributed by atoms with E-state index in [4.69, 9.17) is 14.7 Å². The van der Waals surface area contributed by atoms with Gasteiger partial charge in [-0.25, -0.2) is 4.79 Å². The first-order valence-electron chi connectivity index (χ1n) is 7.27. The second-order valence-electron chi connectivity index (χ2n) is 6.39. The number of carboxylic acid groups (broad SMARTS) is 1. The molecule has 0 radical (unpaired) electrons. The Bertz CT molecular complexity index is 370. The fourth-order valence-corrected chi connectivity index (χ4v) is 2.32. The first kappa shape index (κ1) is 17.7. The Kier molecular flexibility index (Phi) is 5.98. The number of rotatable bonds is 5. The summed E-state index contributed by atoms with van der Waals surface area (Å²) in [6.07, 6.45) is 0.275. The Hall–Kier alpha value is -1.34. The minimum atomic E-state index is -0.939. The standard InChI is InChI=1S/C14H26N2O5/c1-5-16-8-6-14(7-9-16,10-11(17)18)21-15-12(19)20-13(2,3)4/h5-10H2,1-4H3,(H,15,19)(H,17,18). The van der Waals surface area contributed by atoms with Crippen LogP contribution in [0.3, 0.4) is 0 Å². The molecule has 0 spiro atoms. The van der Waals surface area contributed by atoms with Crippen molar-refractivity contribution in [3.63, 3.8) is 0 Å². The fraction of sp³-hybridized carbons (Fsp3) is 0.857. The van der Waals surface area contributed by atoms with E-state index in [-0.39, 0.29) is 6.42 Å². The SMILES string of the molecule is CCN1CCC(CC(=O)O)(ONC(=O)OC(C)(C)C)CC1. The predicted octanol–water partition coefficient (Wildman–Crippen LogP) is 1.77. The van der Waals surface area contributed by atoms with Crippen molar-refractivity contribution in [1.29, 1.82) is 0 Å². The van der Waals surface area contributed by atoms with Crippen LogP contribution in [0.1, 0.15) is 47.0 Å². The second-order valence-corrected chi connectivity index (χ2v) is 6.39. The molecule has 1 aliphatic heterocycles. The van der Waals surface area contributed by atoms with Gasteiger partial charge in [-0.2, -0.15) is 5.48 Å². The maximum absolute atomic E-state index is 11.6. The average molecular weight is 302 g/mol. The lowest BCUT2D eigenvalue weighted by Crippen LogP contribution is -2.50. The predicted molar refractivity (Wildman–Crippen MR) is 76.8 cm³/mol. The van der Waals surface area contributed by atoms with Crippen molar-refractivity contribution < 1.29 is 24.3 Å². The summed E-state index contributed by atoms with van der Waals surface area (Å²) in [4.78, 5) is 30.4. The number of likely N-dealkylation sites (tertiary alicyclic amines) is 1. The lowest BCUT2D eigenvalue weighted by molar-refractivity contribution is -0.161. The summed E-state index contributed by atoms with van der Waals surface area (Å²) in [5, 5.41) is 9.07. The van der Waals surface area contributed by atoms with Gasteiger partial charge in [0.05, 0.1) is 6.42 Å². The number of ether oxygens (including phenoxy) is 1. The Labute approximate surface area is 125 Å². The maximum Gasteiger partial charge on any atom is 0.431 e. The molecule has 1 aliphatic rings. The van der Waals surface area contributed by atoms with E-state index in [1.165, 1.54) is 0 Å². The lowest BCUT2D eigenvalue weighted by Gasteiger charge is -2.39. The van der Waals surface area contributed by atoms with Crippen molar-refractivity contribution in [2.45, 2.75) is 58.2 Å². The molecule has 0 aromatic heterocycles. The van der Waals surface area contributed by atoms with Crippen LogP contribution in [0.2, 0.25) is 0 Å². The van der Waals surface area contributed by atoms with Gasteiger partial charge in [-0.15, -0.1) is 0 Å². The number of hydrogen-bond acceptors (Lipinski definition) is 5. The van der Waals surface area contributed by atoms with Gasteiger partial charge in [-0.1, -0.05) is 6.92 Å². The number of carbonyl (C=O) groups excluding carboxylic acids is 1. The zero-order chi connectivity index (χ0) is 16.1. The number of amides is 1. The van der Waals surface area contributed by atoms with Crippen LogP contribution in [0.5, 0.6) is 0 Å². The van der Waals surface area contributed by atoms with Crippen molar-refractivity contribution in [3.8, 4) is 0 Å². The molecular weight excluding hydrogens is 276 g/mol. The van der Waals surface area contributed by atoms with Crippen LogP contribution in [-0.4, -0.2) is 52.9 Å². The van der Waals surface area contributed by atoms with Gasteiger partial charge < -0.3 is 14.7 Å². The molecule has 0 aliphatic carbocycles. The van der Waals surface area contributed by atoms with Crippen molar-refractivity contribution >= 4 is 12.1 Å². The number of carbonyl (C=O) groups is 2. The fourth-order valence-electron chi connectivity index (χ4n) is 2.32. The third-order valence-electron chi connectivity index (χ3n) is 3.44. The second kappa shape index (κ2) is 7.09. The van der Waals surface area contributed by atoms with E-state index < -0.39 is 23.3 Å². The van der Waals surface area contributed by atoms with Gasteiger partial charge in [-0.05, 0) is 40.2 Å². The number of hydrogen-bond donors (Lipinski definition) is 2. The minimum absolute atomic E-state index is 0.139. The van der Waals surface area contributed by atoms with Gasteiger partial charge in [-0.3, -0.25) is 9.63 Å². The third-order valence-corrected chi connectivity index (χ3v) is 3.44. The summed E-state index contributed by atoms with van der Waals surface area (Å²) in [5.41, 5.74) is 0.752. The summed E-state index contributed by atoms with van der Waals surface area (Å²) in [6.45, 7) is 9.73. The van der Waals surface area contributed by atoms with E-state index in [1.54, 1.807) is 20.8 Å². The molecule has 1 saturated heterocycles. The van der Waals surface area contributed by atoms with E-state index in [9.17, 15) is 9.59 Å². The quantitative estimate of drug-likeness (QED) is 0.753. The highest BCUT2D eigenvalue weighted by Gasteiger charge is 2.39. The first-order valence-corrected chi connectivity index (χ1v) is 7.27.